The van der Waals surface area contributed by atoms with Crippen molar-refractivity contribution in [1.29, 1.82) is 0 Å². The summed E-state index contributed by atoms with van der Waals surface area (Å²) < 4.78 is 5.93. The molecular weight excluding hydrogens is 456 g/mol. The highest BCUT2D eigenvalue weighted by Gasteiger charge is 2.21. The Morgan fingerprint density at radius 3 is 2.03 bits per heavy atom. The number of hydrogen-bond donors (Lipinski definition) is 1. The number of halogens is 1. The van der Waals surface area contributed by atoms with E-state index in [4.69, 9.17) is 16.3 Å². The Morgan fingerprint density at radius 2 is 1.51 bits per heavy atom. The van der Waals surface area contributed by atoms with Gasteiger partial charge in [-0.15, -0.1) is 0 Å². The number of nitrogens with one attached hydrogen (secondary N) is 1. The second-order valence-corrected chi connectivity index (χ2v) is 9.29. The summed E-state index contributed by atoms with van der Waals surface area (Å²) >= 11 is 6.29. The predicted octanol–water partition coefficient (Wildman–Crippen LogP) is 9.22. The number of ether oxygens (including phenoxy) is 1. The lowest BCUT2D eigenvalue weighted by Crippen LogP contribution is -2.16. The maximum atomic E-state index is 12.9. The van der Waals surface area contributed by atoms with Crippen LogP contribution in [0.2, 0.25) is 5.15 Å². The molecule has 0 bridgehead atoms. The van der Waals surface area contributed by atoms with E-state index in [0.717, 1.165) is 29.0 Å². The van der Waals surface area contributed by atoms with Crippen molar-refractivity contribution in [2.45, 2.75) is 73.8 Å². The fraction of sp³-hybridized carbons (Fsp3) is 0.400. The van der Waals surface area contributed by atoms with Gasteiger partial charge in [0.2, 0.25) is 0 Å². The minimum absolute atomic E-state index is 0.0220. The predicted molar refractivity (Wildman–Crippen MR) is 148 cm³/mol. The number of aromatic nitrogens is 1. The van der Waals surface area contributed by atoms with Gasteiger partial charge in [0, 0.05) is 23.1 Å². The van der Waals surface area contributed by atoms with E-state index in [1.807, 2.05) is 69.3 Å². The Morgan fingerprint density at radius 1 is 0.971 bits per heavy atom. The molecule has 0 fully saturated rings. The van der Waals surface area contributed by atoms with Crippen LogP contribution in [-0.4, -0.2) is 10.8 Å². The maximum Gasteiger partial charge on any atom is 0.166 e. The lowest BCUT2D eigenvalue weighted by Gasteiger charge is -2.20. The van der Waals surface area contributed by atoms with Crippen LogP contribution in [0.15, 0.2) is 54.6 Å². The summed E-state index contributed by atoms with van der Waals surface area (Å²) in [5.41, 5.74) is 3.85. The van der Waals surface area contributed by atoms with Crippen molar-refractivity contribution in [1.82, 2.24) is 4.98 Å². The fourth-order valence-electron chi connectivity index (χ4n) is 3.54. The van der Waals surface area contributed by atoms with Crippen molar-refractivity contribution in [2.75, 3.05) is 5.32 Å². The quantitative estimate of drug-likeness (QED) is 0.238. The summed E-state index contributed by atoms with van der Waals surface area (Å²) in [4.78, 5) is 17.4. The molecule has 3 rings (SSSR count). The molecule has 0 aliphatic carbocycles. The molecule has 1 N–H and O–H groups in total. The summed E-state index contributed by atoms with van der Waals surface area (Å²) in [6.07, 6.45) is 2.73. The number of benzene rings is 2. The van der Waals surface area contributed by atoms with Crippen molar-refractivity contribution >= 4 is 23.2 Å². The highest BCUT2D eigenvalue weighted by molar-refractivity contribution is 6.30. The second-order valence-electron chi connectivity index (χ2n) is 8.90. The van der Waals surface area contributed by atoms with Crippen molar-refractivity contribution < 1.29 is 9.53 Å². The Hall–Kier alpha value is -2.85. The molecule has 5 heteroatoms. The third-order valence-electron chi connectivity index (χ3n) is 5.76. The number of carbonyl (C=O) groups is 1. The lowest BCUT2D eigenvalue weighted by atomic mass is 9.93. The molecule has 0 spiro atoms. The van der Waals surface area contributed by atoms with Crippen molar-refractivity contribution in [2.24, 2.45) is 5.92 Å². The molecular formula is C30H39ClN2O2. The van der Waals surface area contributed by atoms with Crippen LogP contribution in [0.4, 0.5) is 5.82 Å². The Labute approximate surface area is 216 Å². The van der Waals surface area contributed by atoms with Crippen LogP contribution in [0.5, 0.6) is 11.5 Å². The first-order chi connectivity index (χ1) is 16.7. The molecule has 0 aliphatic heterocycles. The van der Waals surface area contributed by atoms with E-state index in [1.165, 1.54) is 12.0 Å². The van der Waals surface area contributed by atoms with Gasteiger partial charge in [0.15, 0.2) is 5.78 Å². The lowest BCUT2D eigenvalue weighted by molar-refractivity contribution is 0.0926. The maximum absolute atomic E-state index is 12.9. The summed E-state index contributed by atoms with van der Waals surface area (Å²) in [5, 5.41) is 3.78. The van der Waals surface area contributed by atoms with Crippen LogP contribution in [0, 0.1) is 12.8 Å². The standard InChI is InChI=1S/C27H31ClN2O2.C3H8/c1-6-18(4)26(31)24-16-25(28)30-27(23(24)7-2)29-19(5)20-10-14-22(15-11-20)32-21-12-8-17(3)9-13-21;1-3-2/h8-16,18-19H,6-7H2,1-5H3,(H,29,30);3H2,1-2H3/t18?,19-;/m0./s1. The normalized spacial score (nSPS) is 12.2. The van der Waals surface area contributed by atoms with Gasteiger partial charge in [-0.2, -0.15) is 0 Å². The van der Waals surface area contributed by atoms with Crippen LogP contribution in [0.25, 0.3) is 0 Å². The number of nitrogens with zero attached hydrogens (tertiary/aromatic N) is 1. The van der Waals surface area contributed by atoms with Gasteiger partial charge in [0.1, 0.15) is 22.5 Å². The minimum Gasteiger partial charge on any atom is -0.457 e. The van der Waals surface area contributed by atoms with E-state index in [1.54, 1.807) is 6.07 Å². The Kier molecular flexibility index (Phi) is 11.3. The third-order valence-corrected chi connectivity index (χ3v) is 5.96. The molecule has 1 heterocycles. The summed E-state index contributed by atoms with van der Waals surface area (Å²) in [5.74, 6) is 2.32. The van der Waals surface area contributed by atoms with Crippen LogP contribution >= 0.6 is 11.6 Å². The van der Waals surface area contributed by atoms with Crippen molar-refractivity contribution in [3.05, 3.63) is 82.0 Å². The monoisotopic (exact) mass is 494 g/mol. The van der Waals surface area contributed by atoms with Crippen LogP contribution in [0.3, 0.4) is 0 Å². The number of aryl methyl sites for hydroxylation is 1. The number of rotatable bonds is 9. The van der Waals surface area contributed by atoms with Gasteiger partial charge < -0.3 is 10.1 Å². The van der Waals surface area contributed by atoms with E-state index < -0.39 is 0 Å². The number of carbonyl (C=O) groups excluding carboxylic acids is 1. The molecule has 0 radical (unpaired) electrons. The molecule has 0 saturated heterocycles. The molecule has 1 unspecified atom stereocenters. The number of Topliss-reactive ketones (excluding diaryl/α,β-unsaturated/α-hetero) is 1. The van der Waals surface area contributed by atoms with Crippen LogP contribution < -0.4 is 10.1 Å². The van der Waals surface area contributed by atoms with Crippen molar-refractivity contribution in [3.8, 4) is 11.5 Å². The zero-order valence-corrected chi connectivity index (χ0v) is 22.9. The number of anilines is 1. The fourth-order valence-corrected chi connectivity index (χ4v) is 3.74. The average molecular weight is 495 g/mol. The van der Waals surface area contributed by atoms with Crippen molar-refractivity contribution in [3.63, 3.8) is 0 Å². The van der Waals surface area contributed by atoms with E-state index in [-0.39, 0.29) is 17.7 Å². The Balaban J connectivity index is 0.00000137. The number of pyridine rings is 1. The van der Waals surface area contributed by atoms with E-state index in [9.17, 15) is 4.79 Å². The van der Waals surface area contributed by atoms with Gasteiger partial charge in [-0.3, -0.25) is 4.79 Å². The summed E-state index contributed by atoms with van der Waals surface area (Å²) in [6, 6.07) is 17.6. The van der Waals surface area contributed by atoms with E-state index in [0.29, 0.717) is 23.0 Å². The first kappa shape index (κ1) is 28.4. The van der Waals surface area contributed by atoms with Gasteiger partial charge >= 0.3 is 0 Å². The Bertz CT molecular complexity index is 1080. The largest absolute Gasteiger partial charge is 0.457 e. The molecule has 0 saturated carbocycles. The van der Waals surface area contributed by atoms with Gasteiger partial charge in [0.25, 0.3) is 0 Å². The molecule has 1 aromatic heterocycles. The van der Waals surface area contributed by atoms with Gasteiger partial charge in [0.05, 0.1) is 0 Å². The smallest absolute Gasteiger partial charge is 0.166 e. The SMILES string of the molecule is CCC.CCc1c(C(=O)C(C)CC)cc(Cl)nc1N[C@@H](C)c1ccc(Oc2ccc(C)cc2)cc1. The van der Waals surface area contributed by atoms with Crippen LogP contribution in [-0.2, 0) is 6.42 Å². The van der Waals surface area contributed by atoms with Gasteiger partial charge in [-0.1, -0.05) is 82.5 Å². The molecule has 4 nitrogen and oxygen atoms in total. The average Bonchev–Trinajstić information content (AvgIpc) is 2.85. The molecule has 188 valence electrons. The van der Waals surface area contributed by atoms with Crippen LogP contribution in [0.1, 0.15) is 87.5 Å². The first-order valence-corrected chi connectivity index (χ1v) is 13.0. The molecule has 3 aromatic rings. The topological polar surface area (TPSA) is 51.2 Å². The molecule has 2 atom stereocenters. The number of hydrogen-bond acceptors (Lipinski definition) is 4. The third kappa shape index (κ3) is 8.10. The minimum atomic E-state index is -0.0508. The van der Waals surface area contributed by atoms with Gasteiger partial charge in [-0.25, -0.2) is 4.98 Å². The second kappa shape index (κ2) is 13.9. The molecule has 2 aromatic carbocycles. The highest BCUT2D eigenvalue weighted by atomic mass is 35.5. The molecule has 0 aliphatic rings. The summed E-state index contributed by atoms with van der Waals surface area (Å²) in [7, 11) is 0. The first-order valence-electron chi connectivity index (χ1n) is 12.6. The summed E-state index contributed by atoms with van der Waals surface area (Å²) in [6.45, 7) is 14.4. The van der Waals surface area contributed by atoms with E-state index >= 15 is 0 Å². The number of ketones is 1. The highest BCUT2D eigenvalue weighted by Crippen LogP contribution is 2.30. The molecule has 35 heavy (non-hydrogen) atoms. The van der Waals surface area contributed by atoms with Gasteiger partial charge in [-0.05, 0) is 62.6 Å². The zero-order chi connectivity index (χ0) is 26.0. The van der Waals surface area contributed by atoms with E-state index in [2.05, 4.69) is 38.0 Å². The molecule has 0 amide bonds. The zero-order valence-electron chi connectivity index (χ0n) is 22.1.